The Bertz CT molecular complexity index is 925. The van der Waals surface area contributed by atoms with Crippen LogP contribution in [0.3, 0.4) is 0 Å². The molecule has 3 fully saturated rings. The molecule has 0 radical (unpaired) electrons. The van der Waals surface area contributed by atoms with E-state index in [2.05, 4.69) is 10.6 Å². The normalized spacial score (nSPS) is 33.4. The van der Waals surface area contributed by atoms with Crippen LogP contribution in [0.4, 0.5) is 5.69 Å². The van der Waals surface area contributed by atoms with Crippen LogP contribution in [0.25, 0.3) is 0 Å². The first-order valence-corrected chi connectivity index (χ1v) is 10.3. The Hall–Kier alpha value is -2.74. The molecule has 4 atom stereocenters. The predicted molar refractivity (Wildman–Crippen MR) is 103 cm³/mol. The summed E-state index contributed by atoms with van der Waals surface area (Å²) < 4.78 is 0. The van der Waals surface area contributed by atoms with E-state index in [0.29, 0.717) is 17.7 Å². The van der Waals surface area contributed by atoms with E-state index < -0.39 is 29.3 Å². The first-order valence-electron chi connectivity index (χ1n) is 10.3. The summed E-state index contributed by atoms with van der Waals surface area (Å²) in [4.78, 5) is 53.0. The zero-order valence-electron chi connectivity index (χ0n) is 16.0. The van der Waals surface area contributed by atoms with E-state index in [4.69, 9.17) is 5.73 Å². The van der Waals surface area contributed by atoms with E-state index in [1.807, 2.05) is 18.2 Å². The number of fused-ring (bicyclic) bond motifs is 4. The van der Waals surface area contributed by atoms with Gasteiger partial charge in [-0.05, 0) is 25.3 Å². The summed E-state index contributed by atoms with van der Waals surface area (Å²) in [6.45, 7) is 0. The minimum absolute atomic E-state index is 0.0884. The van der Waals surface area contributed by atoms with Gasteiger partial charge in [-0.25, -0.2) is 0 Å². The van der Waals surface area contributed by atoms with Crippen molar-refractivity contribution >= 4 is 29.3 Å². The molecule has 29 heavy (non-hydrogen) atoms. The fourth-order valence-electron chi connectivity index (χ4n) is 5.85. The number of anilines is 1. The number of hydrogen-bond acceptors (Lipinski definition) is 5. The third-order valence-corrected chi connectivity index (χ3v) is 7.05. The second-order valence-electron chi connectivity index (χ2n) is 8.55. The molecule has 3 heterocycles. The second kappa shape index (κ2) is 6.38. The molecule has 8 heteroatoms. The van der Waals surface area contributed by atoms with Gasteiger partial charge in [0.25, 0.3) is 0 Å². The van der Waals surface area contributed by atoms with Gasteiger partial charge in [0.05, 0.1) is 11.8 Å². The van der Waals surface area contributed by atoms with Gasteiger partial charge in [0.1, 0.15) is 5.54 Å². The fourth-order valence-corrected chi connectivity index (χ4v) is 5.85. The minimum atomic E-state index is -1.29. The number of nitrogens with zero attached hydrogens (tertiary/aromatic N) is 1. The second-order valence-corrected chi connectivity index (χ2v) is 8.55. The lowest BCUT2D eigenvalue weighted by atomic mass is 9.76. The molecule has 1 saturated carbocycles. The molecule has 0 aromatic heterocycles. The number of amides is 4. The molecule has 4 amide bonds. The maximum Gasteiger partial charge on any atom is 0.250 e. The Morgan fingerprint density at radius 3 is 2.59 bits per heavy atom. The van der Waals surface area contributed by atoms with Gasteiger partial charge in [0.2, 0.25) is 23.6 Å². The summed E-state index contributed by atoms with van der Waals surface area (Å²) in [5.74, 6) is -2.75. The first-order chi connectivity index (χ1) is 13.9. The smallest absolute Gasteiger partial charge is 0.250 e. The quantitative estimate of drug-likeness (QED) is 0.644. The van der Waals surface area contributed by atoms with Crippen LogP contribution in [0.15, 0.2) is 24.3 Å². The van der Waals surface area contributed by atoms with Gasteiger partial charge in [0, 0.05) is 29.8 Å². The van der Waals surface area contributed by atoms with Crippen LogP contribution in [0.1, 0.15) is 44.1 Å². The van der Waals surface area contributed by atoms with Gasteiger partial charge in [-0.1, -0.05) is 31.0 Å². The number of nitrogens with two attached hydrogens (primary N) is 1. The summed E-state index contributed by atoms with van der Waals surface area (Å²) in [7, 11) is 0. The molecule has 1 aromatic carbocycles. The van der Waals surface area contributed by atoms with E-state index in [9.17, 15) is 19.2 Å². The Kier molecular flexibility index (Phi) is 4.03. The number of primary amides is 1. The van der Waals surface area contributed by atoms with Crippen molar-refractivity contribution < 1.29 is 19.2 Å². The minimum Gasteiger partial charge on any atom is -0.370 e. The maximum atomic E-state index is 13.6. The Labute approximate surface area is 168 Å². The number of hydrogen-bond donors (Lipinski definition) is 3. The molecule has 5 rings (SSSR count). The molecule has 152 valence electrons. The standard InChI is InChI=1S/C21H24N4O4/c22-15(26)10-9-14-16-17(19(28)25(18(16)27)11-5-1-2-6-11)21(24-14)12-7-3-4-8-13(12)23-20(21)29/h3-4,7-8,11,14,16-17,24H,1-2,5-6,9-10H2,(H2,22,26)(H,23,29). The Morgan fingerprint density at radius 1 is 1.14 bits per heavy atom. The van der Waals surface area contributed by atoms with E-state index in [1.54, 1.807) is 6.07 Å². The van der Waals surface area contributed by atoms with E-state index >= 15 is 0 Å². The Morgan fingerprint density at radius 2 is 1.86 bits per heavy atom. The maximum absolute atomic E-state index is 13.6. The number of carbonyl (C=O) groups is 4. The van der Waals surface area contributed by atoms with Crippen molar-refractivity contribution in [3.63, 3.8) is 0 Å². The summed E-state index contributed by atoms with van der Waals surface area (Å²) in [6.07, 6.45) is 4.01. The highest BCUT2D eigenvalue weighted by Crippen LogP contribution is 2.54. The lowest BCUT2D eigenvalue weighted by Crippen LogP contribution is -2.54. The van der Waals surface area contributed by atoms with E-state index in [0.717, 1.165) is 25.7 Å². The lowest BCUT2D eigenvalue weighted by molar-refractivity contribution is -0.145. The lowest BCUT2D eigenvalue weighted by Gasteiger charge is -2.31. The van der Waals surface area contributed by atoms with Gasteiger partial charge < -0.3 is 11.1 Å². The van der Waals surface area contributed by atoms with Crippen molar-refractivity contribution in [1.82, 2.24) is 10.2 Å². The average molecular weight is 396 g/mol. The number of para-hydroxylation sites is 1. The first kappa shape index (κ1) is 18.3. The number of imide groups is 1. The van der Waals surface area contributed by atoms with Crippen LogP contribution in [0.2, 0.25) is 0 Å². The van der Waals surface area contributed by atoms with Gasteiger partial charge in [-0.2, -0.15) is 0 Å². The average Bonchev–Trinajstić information content (AvgIpc) is 3.42. The van der Waals surface area contributed by atoms with Crippen LogP contribution in [-0.4, -0.2) is 40.6 Å². The number of benzene rings is 1. The molecule has 1 aliphatic carbocycles. The van der Waals surface area contributed by atoms with Gasteiger partial charge >= 0.3 is 0 Å². The third kappa shape index (κ3) is 2.41. The summed E-state index contributed by atoms with van der Waals surface area (Å²) in [5, 5.41) is 6.19. The van der Waals surface area contributed by atoms with Crippen LogP contribution in [0.5, 0.6) is 0 Å². The third-order valence-electron chi connectivity index (χ3n) is 7.05. The van der Waals surface area contributed by atoms with Gasteiger partial charge in [-0.15, -0.1) is 0 Å². The van der Waals surface area contributed by atoms with Crippen molar-refractivity contribution in [2.24, 2.45) is 17.6 Å². The van der Waals surface area contributed by atoms with Crippen molar-refractivity contribution in [2.45, 2.75) is 56.1 Å². The number of likely N-dealkylation sites (tertiary alicyclic amines) is 1. The molecule has 1 spiro atoms. The summed E-state index contributed by atoms with van der Waals surface area (Å²) >= 11 is 0. The molecule has 4 N–H and O–H groups in total. The highest BCUT2D eigenvalue weighted by atomic mass is 16.2. The Balaban J connectivity index is 1.61. The molecule has 1 aromatic rings. The number of carbonyl (C=O) groups excluding carboxylic acids is 4. The largest absolute Gasteiger partial charge is 0.370 e. The van der Waals surface area contributed by atoms with Crippen molar-refractivity contribution in [3.05, 3.63) is 29.8 Å². The molecule has 8 nitrogen and oxygen atoms in total. The van der Waals surface area contributed by atoms with Crippen LogP contribution < -0.4 is 16.4 Å². The van der Waals surface area contributed by atoms with Crippen molar-refractivity contribution in [1.29, 1.82) is 0 Å². The monoisotopic (exact) mass is 396 g/mol. The highest BCUT2D eigenvalue weighted by Gasteiger charge is 2.70. The fraction of sp³-hybridized carbons (Fsp3) is 0.524. The van der Waals surface area contributed by atoms with Crippen LogP contribution in [-0.2, 0) is 24.7 Å². The van der Waals surface area contributed by atoms with Crippen molar-refractivity contribution in [2.75, 3.05) is 5.32 Å². The molecular formula is C21H24N4O4. The van der Waals surface area contributed by atoms with E-state index in [1.165, 1.54) is 4.90 Å². The predicted octanol–water partition coefficient (Wildman–Crippen LogP) is 0.615. The van der Waals surface area contributed by atoms with Crippen LogP contribution >= 0.6 is 0 Å². The molecule has 4 unspecified atom stereocenters. The molecule has 3 aliphatic heterocycles. The highest BCUT2D eigenvalue weighted by molar-refractivity contribution is 6.15. The van der Waals surface area contributed by atoms with Crippen LogP contribution in [0, 0.1) is 11.8 Å². The van der Waals surface area contributed by atoms with E-state index in [-0.39, 0.29) is 30.2 Å². The zero-order valence-corrected chi connectivity index (χ0v) is 16.0. The molecular weight excluding hydrogens is 372 g/mol. The number of nitrogens with one attached hydrogen (secondary N) is 2. The van der Waals surface area contributed by atoms with Gasteiger partial charge in [0.15, 0.2) is 0 Å². The molecule has 2 saturated heterocycles. The zero-order chi connectivity index (χ0) is 20.3. The number of rotatable bonds is 4. The summed E-state index contributed by atoms with van der Waals surface area (Å²) in [6, 6.07) is 6.71. The SMILES string of the molecule is NC(=O)CCC1NC2(C(=O)Nc3ccccc32)C2C(=O)N(C3CCCC3)C(=O)C12. The molecule has 0 bridgehead atoms. The topological polar surface area (TPSA) is 122 Å². The van der Waals surface area contributed by atoms with Gasteiger partial charge in [-0.3, -0.25) is 29.4 Å². The molecule has 4 aliphatic rings. The van der Waals surface area contributed by atoms with Crippen molar-refractivity contribution in [3.8, 4) is 0 Å². The summed E-state index contributed by atoms with van der Waals surface area (Å²) in [5.41, 5.74) is 5.39.